The summed E-state index contributed by atoms with van der Waals surface area (Å²) >= 11 is 0. The molecule has 7 heteroatoms. The van der Waals surface area contributed by atoms with E-state index in [1.54, 1.807) is 7.05 Å². The van der Waals surface area contributed by atoms with Crippen LogP contribution in [0.3, 0.4) is 0 Å². The Morgan fingerprint density at radius 1 is 1.25 bits per heavy atom. The predicted molar refractivity (Wildman–Crippen MR) is 103 cm³/mol. The van der Waals surface area contributed by atoms with E-state index in [2.05, 4.69) is 15.6 Å². The van der Waals surface area contributed by atoms with Gasteiger partial charge in [-0.1, -0.05) is 12.1 Å². The number of nitrogens with zero attached hydrogens (tertiary/aromatic N) is 1. The topological polar surface area (TPSA) is 64.1 Å². The van der Waals surface area contributed by atoms with Gasteiger partial charge >= 0.3 is 0 Å². The lowest BCUT2D eigenvalue weighted by atomic mass is 9.96. The van der Waals surface area contributed by atoms with Crippen LogP contribution in [0.25, 0.3) is 0 Å². The van der Waals surface area contributed by atoms with Gasteiger partial charge in [-0.15, -0.1) is 24.0 Å². The number of para-hydroxylation sites is 2. The Morgan fingerprint density at radius 2 is 2.08 bits per heavy atom. The second kappa shape index (κ2) is 7.77. The summed E-state index contributed by atoms with van der Waals surface area (Å²) in [5.74, 6) is 2.41. The molecule has 0 aromatic heterocycles. The number of hydrogen-bond donors (Lipinski definition) is 2. The third-order valence-electron chi connectivity index (χ3n) is 4.72. The van der Waals surface area contributed by atoms with Crippen molar-refractivity contribution in [1.82, 2.24) is 10.6 Å². The maximum Gasteiger partial charge on any atom is 0.191 e. The Labute approximate surface area is 159 Å². The van der Waals surface area contributed by atoms with Crippen LogP contribution >= 0.6 is 24.0 Å². The largest absolute Gasteiger partial charge is 0.486 e. The number of rotatable bonds is 3. The van der Waals surface area contributed by atoms with Crippen molar-refractivity contribution in [2.24, 2.45) is 4.99 Å². The first-order chi connectivity index (χ1) is 11.3. The van der Waals surface area contributed by atoms with Crippen LogP contribution in [0, 0.1) is 0 Å². The molecule has 0 aliphatic carbocycles. The van der Waals surface area contributed by atoms with E-state index in [0.717, 1.165) is 30.3 Å². The van der Waals surface area contributed by atoms with E-state index in [9.17, 15) is 0 Å². The fraction of sp³-hybridized carbons (Fsp3) is 0.588. The third-order valence-corrected chi connectivity index (χ3v) is 4.72. The van der Waals surface area contributed by atoms with Gasteiger partial charge in [0.1, 0.15) is 12.7 Å². The summed E-state index contributed by atoms with van der Waals surface area (Å²) in [5, 5.41) is 6.81. The number of nitrogens with one attached hydrogen (secondary N) is 2. The van der Waals surface area contributed by atoms with E-state index in [1.165, 1.54) is 6.42 Å². The van der Waals surface area contributed by atoms with Gasteiger partial charge in [0.25, 0.3) is 0 Å². The van der Waals surface area contributed by atoms with Crippen LogP contribution in [0.2, 0.25) is 0 Å². The first-order valence-corrected chi connectivity index (χ1v) is 8.33. The highest BCUT2D eigenvalue weighted by Crippen LogP contribution is 2.34. The minimum Gasteiger partial charge on any atom is -0.486 e. The molecule has 0 radical (unpaired) electrons. The van der Waals surface area contributed by atoms with E-state index in [1.807, 2.05) is 24.3 Å². The molecule has 4 atom stereocenters. The average Bonchev–Trinajstić information content (AvgIpc) is 3.21. The second-order valence-electron chi connectivity index (χ2n) is 6.31. The summed E-state index contributed by atoms with van der Waals surface area (Å²) in [7, 11) is 1.79. The lowest BCUT2D eigenvalue weighted by Crippen LogP contribution is -2.50. The normalized spacial score (nSPS) is 30.6. The lowest BCUT2D eigenvalue weighted by molar-refractivity contribution is 0.0930. The molecule has 1 aromatic rings. The summed E-state index contributed by atoms with van der Waals surface area (Å²) in [6, 6.07) is 8.12. The monoisotopic (exact) mass is 445 g/mol. The highest BCUT2D eigenvalue weighted by molar-refractivity contribution is 14.0. The Morgan fingerprint density at radius 3 is 2.79 bits per heavy atom. The molecule has 6 nitrogen and oxygen atoms in total. The Hall–Kier alpha value is -1.22. The van der Waals surface area contributed by atoms with Crippen LogP contribution in [0.1, 0.15) is 19.3 Å². The van der Waals surface area contributed by atoms with Gasteiger partial charge in [0.15, 0.2) is 17.5 Å². The minimum absolute atomic E-state index is 0. The molecule has 2 N–H and O–H groups in total. The molecule has 3 aliphatic heterocycles. The van der Waals surface area contributed by atoms with Gasteiger partial charge in [-0.2, -0.15) is 0 Å². The zero-order chi connectivity index (χ0) is 15.6. The van der Waals surface area contributed by atoms with Gasteiger partial charge in [-0.05, 0) is 31.4 Å². The number of hydrogen-bond acceptors (Lipinski definition) is 4. The number of aliphatic imine (C=N–C) groups is 1. The van der Waals surface area contributed by atoms with Crippen LogP contribution in [0.5, 0.6) is 11.5 Å². The molecular formula is C17H24IN3O3. The summed E-state index contributed by atoms with van der Waals surface area (Å²) < 4.78 is 17.6. The zero-order valence-electron chi connectivity index (χ0n) is 13.7. The molecule has 4 unspecified atom stereocenters. The lowest BCUT2D eigenvalue weighted by Gasteiger charge is -2.28. The van der Waals surface area contributed by atoms with Crippen molar-refractivity contribution >= 4 is 29.9 Å². The second-order valence-corrected chi connectivity index (χ2v) is 6.31. The predicted octanol–water partition coefficient (Wildman–Crippen LogP) is 1.93. The maximum atomic E-state index is 5.95. The smallest absolute Gasteiger partial charge is 0.191 e. The summed E-state index contributed by atoms with van der Waals surface area (Å²) in [6.45, 7) is 1.19. The molecule has 24 heavy (non-hydrogen) atoms. The maximum absolute atomic E-state index is 5.95. The first-order valence-electron chi connectivity index (χ1n) is 8.33. The van der Waals surface area contributed by atoms with Crippen molar-refractivity contribution in [2.75, 3.05) is 20.2 Å². The standard InChI is InChI=1S/C17H23N3O3.HI/c1-18-17(20-13-8-11-6-7-14(13)22-11)19-9-12-10-21-15-4-2-3-5-16(15)23-12;/h2-5,11-14H,6-10H2,1H3,(H2,18,19,20);1H. The van der Waals surface area contributed by atoms with Crippen molar-refractivity contribution in [2.45, 2.75) is 43.6 Å². The minimum atomic E-state index is -0.0280. The van der Waals surface area contributed by atoms with Gasteiger partial charge in [-0.25, -0.2) is 0 Å². The highest BCUT2D eigenvalue weighted by atomic mass is 127. The molecule has 0 spiro atoms. The number of guanidine groups is 1. The molecule has 3 heterocycles. The summed E-state index contributed by atoms with van der Waals surface area (Å²) in [5.41, 5.74) is 0. The van der Waals surface area contributed by atoms with Gasteiger partial charge < -0.3 is 24.8 Å². The molecule has 0 amide bonds. The van der Waals surface area contributed by atoms with E-state index in [-0.39, 0.29) is 30.1 Å². The SMILES string of the molecule is CN=C(NCC1COc2ccccc2O1)NC1CC2CCC1O2.I. The van der Waals surface area contributed by atoms with Crippen LogP contribution < -0.4 is 20.1 Å². The molecule has 2 saturated heterocycles. The fourth-order valence-electron chi connectivity index (χ4n) is 3.53. The number of halogens is 1. The molecule has 2 fully saturated rings. The van der Waals surface area contributed by atoms with Gasteiger partial charge in [0.2, 0.25) is 0 Å². The Balaban J connectivity index is 0.00000169. The first kappa shape index (κ1) is 17.6. The van der Waals surface area contributed by atoms with Crippen molar-refractivity contribution in [3.8, 4) is 11.5 Å². The molecule has 132 valence electrons. The molecule has 3 aliphatic rings. The molecule has 0 saturated carbocycles. The van der Waals surface area contributed by atoms with E-state index in [0.29, 0.717) is 31.4 Å². The van der Waals surface area contributed by atoms with Crippen molar-refractivity contribution in [3.05, 3.63) is 24.3 Å². The molecule has 1 aromatic carbocycles. The molecule has 2 bridgehead atoms. The quantitative estimate of drug-likeness (QED) is 0.423. The Bertz CT molecular complexity index is 598. The van der Waals surface area contributed by atoms with Gasteiger partial charge in [0, 0.05) is 7.05 Å². The van der Waals surface area contributed by atoms with E-state index in [4.69, 9.17) is 14.2 Å². The molecule has 4 rings (SSSR count). The van der Waals surface area contributed by atoms with Crippen molar-refractivity contribution in [1.29, 1.82) is 0 Å². The highest BCUT2D eigenvalue weighted by Gasteiger charge is 2.41. The molecular weight excluding hydrogens is 421 g/mol. The van der Waals surface area contributed by atoms with Gasteiger partial charge in [0.05, 0.1) is 24.8 Å². The van der Waals surface area contributed by atoms with Crippen LogP contribution in [-0.4, -0.2) is 50.5 Å². The third kappa shape index (κ3) is 3.72. The van der Waals surface area contributed by atoms with Crippen molar-refractivity contribution in [3.63, 3.8) is 0 Å². The van der Waals surface area contributed by atoms with Crippen LogP contribution in [0.15, 0.2) is 29.3 Å². The van der Waals surface area contributed by atoms with Gasteiger partial charge in [-0.3, -0.25) is 4.99 Å². The summed E-state index contributed by atoms with van der Waals surface area (Å²) in [6.07, 6.45) is 4.15. The zero-order valence-corrected chi connectivity index (χ0v) is 16.1. The number of benzene rings is 1. The number of ether oxygens (including phenoxy) is 3. The van der Waals surface area contributed by atoms with Crippen LogP contribution in [-0.2, 0) is 4.74 Å². The van der Waals surface area contributed by atoms with E-state index < -0.39 is 0 Å². The van der Waals surface area contributed by atoms with E-state index >= 15 is 0 Å². The summed E-state index contributed by atoms with van der Waals surface area (Å²) in [4.78, 5) is 4.31. The number of fused-ring (bicyclic) bond motifs is 3. The van der Waals surface area contributed by atoms with Crippen LogP contribution in [0.4, 0.5) is 0 Å². The van der Waals surface area contributed by atoms with Crippen molar-refractivity contribution < 1.29 is 14.2 Å². The fourth-order valence-corrected chi connectivity index (χ4v) is 3.53. The Kier molecular flexibility index (Phi) is 5.70. The average molecular weight is 445 g/mol.